The van der Waals surface area contributed by atoms with Gasteiger partial charge in [-0.25, -0.2) is 4.79 Å². The van der Waals surface area contributed by atoms with Gasteiger partial charge in [0.05, 0.1) is 12.7 Å². The molecule has 4 aromatic rings. The van der Waals surface area contributed by atoms with Crippen molar-refractivity contribution >= 4 is 27.6 Å². The van der Waals surface area contributed by atoms with Gasteiger partial charge in [-0.15, -0.1) is 0 Å². The monoisotopic (exact) mass is 317 g/mol. The third kappa shape index (κ3) is 2.29. The third-order valence-corrected chi connectivity index (χ3v) is 4.29. The van der Waals surface area contributed by atoms with Crippen LogP contribution in [0.2, 0.25) is 0 Å². The second kappa shape index (κ2) is 5.42. The highest BCUT2D eigenvalue weighted by Gasteiger charge is 2.10. The summed E-state index contributed by atoms with van der Waals surface area (Å²) in [4.78, 5) is 14.4. The molecule has 0 radical (unpaired) electrons. The van der Waals surface area contributed by atoms with Crippen LogP contribution in [0, 0.1) is 0 Å². The normalized spacial score (nSPS) is 11.0. The van der Waals surface area contributed by atoms with Crippen molar-refractivity contribution in [2.24, 2.45) is 0 Å². The van der Waals surface area contributed by atoms with Crippen LogP contribution in [0.25, 0.3) is 32.8 Å². The fourth-order valence-corrected chi connectivity index (χ4v) is 3.01. The van der Waals surface area contributed by atoms with Crippen LogP contribution in [0.1, 0.15) is 10.4 Å². The van der Waals surface area contributed by atoms with Gasteiger partial charge < -0.3 is 14.8 Å². The van der Waals surface area contributed by atoms with E-state index in [-0.39, 0.29) is 5.56 Å². The first-order valence-corrected chi connectivity index (χ1v) is 7.58. The molecule has 118 valence electrons. The zero-order valence-electron chi connectivity index (χ0n) is 13.0. The van der Waals surface area contributed by atoms with E-state index in [9.17, 15) is 9.90 Å². The van der Waals surface area contributed by atoms with Gasteiger partial charge >= 0.3 is 5.97 Å². The molecule has 0 bridgehead atoms. The molecule has 24 heavy (non-hydrogen) atoms. The number of carboxylic acids is 1. The molecule has 0 atom stereocenters. The van der Waals surface area contributed by atoms with Crippen LogP contribution in [0.3, 0.4) is 0 Å². The van der Waals surface area contributed by atoms with Crippen molar-refractivity contribution in [2.75, 3.05) is 7.11 Å². The molecular formula is C20H15NO3. The van der Waals surface area contributed by atoms with Crippen LogP contribution in [-0.2, 0) is 0 Å². The lowest BCUT2D eigenvalue weighted by molar-refractivity contribution is 0.0697. The van der Waals surface area contributed by atoms with E-state index in [2.05, 4.69) is 11.1 Å². The Morgan fingerprint density at radius 3 is 2.58 bits per heavy atom. The molecule has 1 aromatic heterocycles. The van der Waals surface area contributed by atoms with Crippen molar-refractivity contribution in [3.63, 3.8) is 0 Å². The average molecular weight is 317 g/mol. The molecule has 0 aliphatic rings. The molecule has 0 aliphatic heterocycles. The van der Waals surface area contributed by atoms with Crippen molar-refractivity contribution in [3.8, 4) is 16.9 Å². The number of aromatic amines is 1. The predicted molar refractivity (Wildman–Crippen MR) is 94.8 cm³/mol. The molecule has 0 saturated heterocycles. The molecule has 2 N–H and O–H groups in total. The highest BCUT2D eigenvalue weighted by Crippen LogP contribution is 2.32. The topological polar surface area (TPSA) is 62.3 Å². The number of H-pyrrole nitrogens is 1. The summed E-state index contributed by atoms with van der Waals surface area (Å²) in [5, 5.41) is 12.3. The molecule has 0 unspecified atom stereocenters. The molecule has 0 spiro atoms. The quantitative estimate of drug-likeness (QED) is 0.576. The van der Waals surface area contributed by atoms with Gasteiger partial charge in [-0.1, -0.05) is 18.2 Å². The van der Waals surface area contributed by atoms with Crippen LogP contribution in [0.15, 0.2) is 60.8 Å². The van der Waals surface area contributed by atoms with E-state index in [1.807, 2.05) is 36.5 Å². The van der Waals surface area contributed by atoms with Gasteiger partial charge in [0, 0.05) is 22.7 Å². The Hall–Kier alpha value is -3.27. The minimum atomic E-state index is -0.922. The fraction of sp³-hybridized carbons (Fsp3) is 0.0500. The molecule has 0 fully saturated rings. The third-order valence-electron chi connectivity index (χ3n) is 4.29. The summed E-state index contributed by atoms with van der Waals surface area (Å²) >= 11 is 0. The molecule has 0 aliphatic carbocycles. The smallest absolute Gasteiger partial charge is 0.335 e. The van der Waals surface area contributed by atoms with Crippen LogP contribution >= 0.6 is 0 Å². The Kier molecular flexibility index (Phi) is 3.24. The molecule has 0 saturated carbocycles. The van der Waals surface area contributed by atoms with Crippen molar-refractivity contribution < 1.29 is 14.6 Å². The van der Waals surface area contributed by atoms with Crippen LogP contribution in [0.5, 0.6) is 5.75 Å². The Morgan fingerprint density at radius 2 is 1.79 bits per heavy atom. The number of hydrogen-bond donors (Lipinski definition) is 2. The molecule has 4 heteroatoms. The van der Waals surface area contributed by atoms with Crippen molar-refractivity contribution in [1.29, 1.82) is 0 Å². The van der Waals surface area contributed by atoms with E-state index >= 15 is 0 Å². The summed E-state index contributed by atoms with van der Waals surface area (Å²) in [7, 11) is 1.65. The fourth-order valence-electron chi connectivity index (χ4n) is 3.01. The standard InChI is InChI=1S/C20H15NO3/c1-24-16-6-4-12-8-14(3-2-13(12)9-16)18-11-21-19-7-5-15(20(22)23)10-17(18)19/h2-11,21H,1H3,(H,22,23). The van der Waals surface area contributed by atoms with Gasteiger partial charge in [0.25, 0.3) is 0 Å². The number of benzene rings is 3. The van der Waals surface area contributed by atoms with E-state index in [0.717, 1.165) is 38.6 Å². The number of ether oxygens (including phenoxy) is 1. The maximum atomic E-state index is 11.2. The van der Waals surface area contributed by atoms with Crippen molar-refractivity contribution in [3.05, 3.63) is 66.4 Å². The predicted octanol–water partition coefficient (Wildman–Crippen LogP) is 4.69. The first kappa shape index (κ1) is 14.3. The maximum Gasteiger partial charge on any atom is 0.335 e. The van der Waals surface area contributed by atoms with E-state index in [1.54, 1.807) is 25.3 Å². The highest BCUT2D eigenvalue weighted by molar-refractivity contribution is 6.01. The highest BCUT2D eigenvalue weighted by atomic mass is 16.5. The van der Waals surface area contributed by atoms with E-state index < -0.39 is 5.97 Å². The van der Waals surface area contributed by atoms with Gasteiger partial charge in [-0.2, -0.15) is 0 Å². The Morgan fingerprint density at radius 1 is 1.00 bits per heavy atom. The summed E-state index contributed by atoms with van der Waals surface area (Å²) < 4.78 is 5.26. The summed E-state index contributed by atoms with van der Waals surface area (Å²) in [5.74, 6) is -0.0944. The first-order valence-electron chi connectivity index (χ1n) is 7.58. The molecular weight excluding hydrogens is 302 g/mol. The average Bonchev–Trinajstić information content (AvgIpc) is 3.03. The largest absolute Gasteiger partial charge is 0.497 e. The lowest BCUT2D eigenvalue weighted by Gasteiger charge is -2.06. The molecule has 4 nitrogen and oxygen atoms in total. The molecule has 0 amide bonds. The van der Waals surface area contributed by atoms with E-state index in [0.29, 0.717) is 0 Å². The van der Waals surface area contributed by atoms with E-state index in [1.165, 1.54) is 0 Å². The summed E-state index contributed by atoms with van der Waals surface area (Å²) in [6.45, 7) is 0. The number of carbonyl (C=O) groups is 1. The number of rotatable bonds is 3. The maximum absolute atomic E-state index is 11.2. The Bertz CT molecular complexity index is 1080. The summed E-state index contributed by atoms with van der Waals surface area (Å²) in [6.07, 6.45) is 1.92. The van der Waals surface area contributed by atoms with Crippen LogP contribution in [0.4, 0.5) is 0 Å². The number of carboxylic acid groups (broad SMARTS) is 1. The van der Waals surface area contributed by atoms with Crippen LogP contribution in [-0.4, -0.2) is 23.2 Å². The number of methoxy groups -OCH3 is 1. The second-order valence-electron chi connectivity index (χ2n) is 5.70. The van der Waals surface area contributed by atoms with E-state index in [4.69, 9.17) is 4.74 Å². The zero-order valence-corrected chi connectivity index (χ0v) is 13.0. The first-order chi connectivity index (χ1) is 11.7. The van der Waals surface area contributed by atoms with Gasteiger partial charge in [0.2, 0.25) is 0 Å². The molecule has 1 heterocycles. The van der Waals surface area contributed by atoms with Gasteiger partial charge in [-0.3, -0.25) is 0 Å². The van der Waals surface area contributed by atoms with Crippen LogP contribution < -0.4 is 4.74 Å². The van der Waals surface area contributed by atoms with Gasteiger partial charge in [0.1, 0.15) is 5.75 Å². The molecule has 4 rings (SSSR count). The SMILES string of the molecule is COc1ccc2cc(-c3c[nH]c4ccc(C(=O)O)cc34)ccc2c1. The Balaban J connectivity index is 1.88. The minimum absolute atomic E-state index is 0.286. The lowest BCUT2D eigenvalue weighted by Crippen LogP contribution is -1.94. The van der Waals surface area contributed by atoms with Crippen molar-refractivity contribution in [1.82, 2.24) is 4.98 Å². The van der Waals surface area contributed by atoms with Gasteiger partial charge in [-0.05, 0) is 52.7 Å². The Labute approximate surface area is 138 Å². The number of hydrogen-bond acceptors (Lipinski definition) is 2. The number of fused-ring (bicyclic) bond motifs is 2. The summed E-state index contributed by atoms with van der Waals surface area (Å²) in [6, 6.07) is 17.3. The lowest BCUT2D eigenvalue weighted by atomic mass is 10.00. The number of aromatic nitrogens is 1. The minimum Gasteiger partial charge on any atom is -0.497 e. The second-order valence-corrected chi connectivity index (χ2v) is 5.70. The van der Waals surface area contributed by atoms with Crippen molar-refractivity contribution in [2.45, 2.75) is 0 Å². The number of aromatic carboxylic acids is 1. The zero-order chi connectivity index (χ0) is 16.7. The van der Waals surface area contributed by atoms with Gasteiger partial charge in [0.15, 0.2) is 0 Å². The molecule has 3 aromatic carbocycles. The summed E-state index contributed by atoms with van der Waals surface area (Å²) in [5.41, 5.74) is 3.24. The number of nitrogens with one attached hydrogen (secondary N) is 1.